The van der Waals surface area contributed by atoms with Crippen molar-refractivity contribution in [2.45, 2.75) is 6.54 Å². The van der Waals surface area contributed by atoms with Crippen LogP contribution in [0.25, 0.3) is 0 Å². The van der Waals surface area contributed by atoms with E-state index in [2.05, 4.69) is 42.5 Å². The summed E-state index contributed by atoms with van der Waals surface area (Å²) in [4.78, 5) is 12.9. The lowest BCUT2D eigenvalue weighted by molar-refractivity contribution is -0.115. The second kappa shape index (κ2) is 7.19. The summed E-state index contributed by atoms with van der Waals surface area (Å²) in [6.07, 6.45) is 0. The molecule has 6 heteroatoms. The highest BCUT2D eigenvalue weighted by molar-refractivity contribution is 9.11. The average Bonchev–Trinajstić information content (AvgIpc) is 2.78. The van der Waals surface area contributed by atoms with Crippen molar-refractivity contribution in [2.24, 2.45) is 0 Å². The fraction of sp³-hybridized carbons (Fsp3) is 0.154. The van der Waals surface area contributed by atoms with E-state index in [1.165, 1.54) is 4.88 Å². The second-order valence-corrected chi connectivity index (χ2v) is 7.33. The Morgan fingerprint density at radius 3 is 2.47 bits per heavy atom. The minimum Gasteiger partial charge on any atom is -0.325 e. The Bertz CT molecular complexity index is 554. The van der Waals surface area contributed by atoms with Crippen LogP contribution in [-0.4, -0.2) is 12.5 Å². The van der Waals surface area contributed by atoms with Gasteiger partial charge in [0, 0.05) is 21.6 Å². The van der Waals surface area contributed by atoms with Crippen LogP contribution in [-0.2, 0) is 11.3 Å². The third-order valence-electron chi connectivity index (χ3n) is 2.34. The van der Waals surface area contributed by atoms with E-state index in [0.29, 0.717) is 13.1 Å². The van der Waals surface area contributed by atoms with Crippen LogP contribution in [0.15, 0.2) is 44.7 Å². The smallest absolute Gasteiger partial charge is 0.238 e. The van der Waals surface area contributed by atoms with Gasteiger partial charge in [0.25, 0.3) is 0 Å². The molecule has 1 amide bonds. The molecule has 2 N–H and O–H groups in total. The minimum atomic E-state index is -0.0436. The lowest BCUT2D eigenvalue weighted by Crippen LogP contribution is -2.27. The molecule has 0 radical (unpaired) electrons. The van der Waals surface area contributed by atoms with Crippen molar-refractivity contribution >= 4 is 54.8 Å². The summed E-state index contributed by atoms with van der Waals surface area (Å²) in [6.45, 7) is 0.996. The Morgan fingerprint density at radius 2 is 1.84 bits per heavy atom. The summed E-state index contributed by atoms with van der Waals surface area (Å²) in [7, 11) is 0. The Hall–Kier alpha value is -0.690. The number of anilines is 1. The zero-order chi connectivity index (χ0) is 13.7. The fourth-order valence-electron chi connectivity index (χ4n) is 1.48. The molecule has 1 heterocycles. The van der Waals surface area contributed by atoms with Gasteiger partial charge in [-0.3, -0.25) is 4.79 Å². The van der Waals surface area contributed by atoms with Crippen molar-refractivity contribution < 1.29 is 4.79 Å². The number of hydrogen-bond acceptors (Lipinski definition) is 3. The van der Waals surface area contributed by atoms with Gasteiger partial charge in [-0.1, -0.05) is 15.9 Å². The SMILES string of the molecule is O=C(CNCc1ccc(Br)s1)Nc1ccc(Br)cc1. The summed E-state index contributed by atoms with van der Waals surface area (Å²) in [5.74, 6) is -0.0436. The van der Waals surface area contributed by atoms with E-state index in [0.717, 1.165) is 13.9 Å². The van der Waals surface area contributed by atoms with Crippen molar-refractivity contribution in [1.82, 2.24) is 5.32 Å². The molecule has 0 bridgehead atoms. The largest absolute Gasteiger partial charge is 0.325 e. The molecular formula is C13H12Br2N2OS. The zero-order valence-corrected chi connectivity index (χ0v) is 13.9. The average molecular weight is 404 g/mol. The van der Waals surface area contributed by atoms with Gasteiger partial charge < -0.3 is 10.6 Å². The van der Waals surface area contributed by atoms with Gasteiger partial charge in [-0.05, 0) is 52.3 Å². The van der Waals surface area contributed by atoms with E-state index in [4.69, 9.17) is 0 Å². The normalized spacial score (nSPS) is 10.4. The predicted octanol–water partition coefficient (Wildman–Crippen LogP) is 4.00. The molecule has 0 aliphatic heterocycles. The third-order valence-corrected chi connectivity index (χ3v) is 4.49. The number of benzene rings is 1. The molecule has 0 aliphatic rings. The summed E-state index contributed by atoms with van der Waals surface area (Å²) in [5.41, 5.74) is 0.800. The number of halogens is 2. The summed E-state index contributed by atoms with van der Waals surface area (Å²) < 4.78 is 2.09. The standard InChI is InChI=1S/C13H12Br2N2OS/c14-9-1-3-10(4-2-9)17-13(18)8-16-7-11-5-6-12(15)19-11/h1-6,16H,7-8H2,(H,17,18). The first-order valence-electron chi connectivity index (χ1n) is 5.64. The first kappa shape index (κ1) is 14.7. The molecule has 1 aromatic heterocycles. The van der Waals surface area contributed by atoms with Gasteiger partial charge in [-0.25, -0.2) is 0 Å². The van der Waals surface area contributed by atoms with Crippen molar-refractivity contribution in [1.29, 1.82) is 0 Å². The molecule has 19 heavy (non-hydrogen) atoms. The summed E-state index contributed by atoms with van der Waals surface area (Å²) in [5, 5.41) is 5.95. The molecule has 0 saturated heterocycles. The summed E-state index contributed by atoms with van der Waals surface area (Å²) in [6, 6.07) is 11.5. The highest BCUT2D eigenvalue weighted by Crippen LogP contribution is 2.21. The Labute approximate surface area is 132 Å². The van der Waals surface area contributed by atoms with E-state index >= 15 is 0 Å². The Kier molecular flexibility index (Phi) is 5.57. The molecule has 1 aromatic carbocycles. The maximum atomic E-state index is 11.7. The number of carbonyl (C=O) groups excluding carboxylic acids is 1. The molecule has 2 aromatic rings. The minimum absolute atomic E-state index is 0.0436. The van der Waals surface area contributed by atoms with Gasteiger partial charge in [0.05, 0.1) is 10.3 Å². The maximum absolute atomic E-state index is 11.7. The first-order valence-corrected chi connectivity index (χ1v) is 8.04. The number of amides is 1. The third kappa shape index (κ3) is 5.06. The Morgan fingerprint density at radius 1 is 1.11 bits per heavy atom. The molecule has 0 unspecified atom stereocenters. The van der Waals surface area contributed by atoms with Crippen molar-refractivity contribution in [2.75, 3.05) is 11.9 Å². The number of hydrogen-bond donors (Lipinski definition) is 2. The number of rotatable bonds is 5. The van der Waals surface area contributed by atoms with Crippen LogP contribution in [0.4, 0.5) is 5.69 Å². The fourth-order valence-corrected chi connectivity index (χ4v) is 3.20. The van der Waals surface area contributed by atoms with Crippen LogP contribution in [0.5, 0.6) is 0 Å². The van der Waals surface area contributed by atoms with Gasteiger partial charge in [0.15, 0.2) is 0 Å². The van der Waals surface area contributed by atoms with Crippen molar-refractivity contribution in [3.05, 3.63) is 49.5 Å². The topological polar surface area (TPSA) is 41.1 Å². The van der Waals surface area contributed by atoms with E-state index in [1.807, 2.05) is 36.4 Å². The second-order valence-electron chi connectivity index (χ2n) is 3.86. The van der Waals surface area contributed by atoms with E-state index in [9.17, 15) is 4.79 Å². The number of nitrogens with one attached hydrogen (secondary N) is 2. The number of thiophene rings is 1. The van der Waals surface area contributed by atoms with Crippen molar-refractivity contribution in [3.63, 3.8) is 0 Å². The predicted molar refractivity (Wildman–Crippen MR) is 86.5 cm³/mol. The molecule has 0 aliphatic carbocycles. The van der Waals surface area contributed by atoms with Crippen LogP contribution in [0, 0.1) is 0 Å². The number of carbonyl (C=O) groups is 1. The van der Waals surface area contributed by atoms with E-state index in [1.54, 1.807) is 11.3 Å². The van der Waals surface area contributed by atoms with Crippen LogP contribution in [0.3, 0.4) is 0 Å². The lowest BCUT2D eigenvalue weighted by atomic mass is 10.3. The quantitative estimate of drug-likeness (QED) is 0.791. The maximum Gasteiger partial charge on any atom is 0.238 e. The highest BCUT2D eigenvalue weighted by Gasteiger charge is 2.03. The molecule has 0 spiro atoms. The Balaban J connectivity index is 1.74. The van der Waals surface area contributed by atoms with Gasteiger partial charge in [0.1, 0.15) is 0 Å². The van der Waals surface area contributed by atoms with Crippen LogP contribution in [0.2, 0.25) is 0 Å². The lowest BCUT2D eigenvalue weighted by Gasteiger charge is -2.06. The van der Waals surface area contributed by atoms with Crippen LogP contribution >= 0.6 is 43.2 Å². The monoisotopic (exact) mass is 402 g/mol. The molecule has 0 saturated carbocycles. The molecule has 2 rings (SSSR count). The molecule has 0 atom stereocenters. The molecule has 0 fully saturated rings. The van der Waals surface area contributed by atoms with Gasteiger partial charge in [-0.2, -0.15) is 0 Å². The zero-order valence-electron chi connectivity index (χ0n) is 9.95. The van der Waals surface area contributed by atoms with Gasteiger partial charge in [-0.15, -0.1) is 11.3 Å². The first-order chi connectivity index (χ1) is 9.13. The summed E-state index contributed by atoms with van der Waals surface area (Å²) >= 11 is 8.43. The van der Waals surface area contributed by atoms with E-state index in [-0.39, 0.29) is 5.91 Å². The van der Waals surface area contributed by atoms with Crippen molar-refractivity contribution in [3.8, 4) is 0 Å². The highest BCUT2D eigenvalue weighted by atomic mass is 79.9. The van der Waals surface area contributed by atoms with E-state index < -0.39 is 0 Å². The molecule has 100 valence electrons. The molecule has 3 nitrogen and oxygen atoms in total. The van der Waals surface area contributed by atoms with Gasteiger partial charge >= 0.3 is 0 Å². The molecular weight excluding hydrogens is 392 g/mol. The van der Waals surface area contributed by atoms with Crippen LogP contribution in [0.1, 0.15) is 4.88 Å². The van der Waals surface area contributed by atoms with Crippen LogP contribution < -0.4 is 10.6 Å². The van der Waals surface area contributed by atoms with Gasteiger partial charge in [0.2, 0.25) is 5.91 Å².